The number of carboxylic acid groups (broad SMARTS) is 1. The fourth-order valence-electron chi connectivity index (χ4n) is 4.06. The largest absolute Gasteiger partial charge is 0.487 e. The Morgan fingerprint density at radius 1 is 1.09 bits per heavy atom. The van der Waals surface area contributed by atoms with Gasteiger partial charge in [0.1, 0.15) is 17.7 Å². The second kappa shape index (κ2) is 8.41. The topological polar surface area (TPSA) is 91.8 Å². The summed E-state index contributed by atoms with van der Waals surface area (Å²) in [4.78, 5) is 30.8. The molecule has 7 nitrogen and oxygen atoms in total. The number of carboxylic acids is 1. The van der Waals surface area contributed by atoms with Crippen LogP contribution in [0.1, 0.15) is 39.1 Å². The number of rotatable bonds is 7. The fourth-order valence-corrected chi connectivity index (χ4v) is 4.21. The molecule has 2 N–H and O–H groups in total. The predicted molar refractivity (Wildman–Crippen MR) is 124 cm³/mol. The lowest BCUT2D eigenvalue weighted by Gasteiger charge is -2.40. The summed E-state index contributed by atoms with van der Waals surface area (Å²) in [5.74, 6) is 0.150. The first-order chi connectivity index (χ1) is 15.9. The van der Waals surface area contributed by atoms with Crippen LogP contribution in [0.3, 0.4) is 0 Å². The summed E-state index contributed by atoms with van der Waals surface area (Å²) in [5.41, 5.74) is 1.01. The van der Waals surface area contributed by atoms with Gasteiger partial charge in [0.05, 0.1) is 34.8 Å². The molecular weight excluding hydrogens is 442 g/mol. The third kappa shape index (κ3) is 4.36. The first kappa shape index (κ1) is 21.3. The average Bonchev–Trinajstić information content (AvgIpc) is 3.57. The predicted octanol–water partition coefficient (Wildman–Crippen LogP) is 4.12. The van der Waals surface area contributed by atoms with Gasteiger partial charge < -0.3 is 20.1 Å². The smallest absolute Gasteiger partial charge is 0.335 e. The molecule has 1 amide bonds. The highest BCUT2D eigenvalue weighted by Gasteiger charge is 2.46. The Kier molecular flexibility index (Phi) is 5.42. The Morgan fingerprint density at radius 3 is 2.42 bits per heavy atom. The van der Waals surface area contributed by atoms with E-state index in [1.165, 1.54) is 6.20 Å². The lowest BCUT2D eigenvalue weighted by molar-refractivity contribution is 0.0696. The van der Waals surface area contributed by atoms with Crippen molar-refractivity contribution in [2.24, 2.45) is 0 Å². The van der Waals surface area contributed by atoms with Gasteiger partial charge in [-0.2, -0.15) is 0 Å². The van der Waals surface area contributed by atoms with Crippen molar-refractivity contribution in [2.45, 2.75) is 24.5 Å². The highest BCUT2D eigenvalue weighted by Crippen LogP contribution is 2.46. The molecule has 2 heterocycles. The van der Waals surface area contributed by atoms with E-state index >= 15 is 0 Å². The van der Waals surface area contributed by atoms with E-state index in [4.69, 9.17) is 21.4 Å². The number of pyridine rings is 1. The molecule has 1 saturated carbocycles. The lowest BCUT2D eigenvalue weighted by Crippen LogP contribution is -2.55. The number of carbonyl (C=O) groups excluding carboxylic acids is 1. The van der Waals surface area contributed by atoms with Crippen molar-refractivity contribution in [3.8, 4) is 5.75 Å². The molecule has 5 rings (SSSR count). The number of carbonyl (C=O) groups is 2. The first-order valence-corrected chi connectivity index (χ1v) is 11.1. The number of aromatic carboxylic acids is 1. The maximum Gasteiger partial charge on any atom is 0.335 e. The van der Waals surface area contributed by atoms with Crippen LogP contribution in [0.5, 0.6) is 5.75 Å². The molecule has 168 valence electrons. The SMILES string of the molecule is O=C(O)c1ccc(C2(NC(=O)c3cc(Cl)cnc3N3CC(Oc4ccccc4)C3)CC2)cc1. The van der Waals surface area contributed by atoms with E-state index < -0.39 is 11.5 Å². The number of nitrogens with zero attached hydrogens (tertiary/aromatic N) is 2. The van der Waals surface area contributed by atoms with Crippen molar-refractivity contribution in [1.29, 1.82) is 0 Å². The van der Waals surface area contributed by atoms with Crippen molar-refractivity contribution >= 4 is 29.3 Å². The zero-order chi connectivity index (χ0) is 23.0. The van der Waals surface area contributed by atoms with E-state index in [2.05, 4.69) is 10.3 Å². The van der Waals surface area contributed by atoms with Gasteiger partial charge in [0.15, 0.2) is 0 Å². The second-order valence-electron chi connectivity index (χ2n) is 8.40. The number of ether oxygens (including phenoxy) is 1. The molecule has 0 bridgehead atoms. The van der Waals surface area contributed by atoms with Gasteiger partial charge in [-0.3, -0.25) is 4.79 Å². The number of hydrogen-bond acceptors (Lipinski definition) is 5. The summed E-state index contributed by atoms with van der Waals surface area (Å²) in [7, 11) is 0. The van der Waals surface area contributed by atoms with E-state index in [1.807, 2.05) is 35.2 Å². The van der Waals surface area contributed by atoms with E-state index in [0.717, 1.165) is 24.2 Å². The fraction of sp³-hybridized carbons (Fsp3) is 0.240. The molecule has 0 atom stereocenters. The molecular formula is C25H22ClN3O4. The number of para-hydroxylation sites is 1. The maximum absolute atomic E-state index is 13.3. The molecule has 1 aliphatic heterocycles. The maximum atomic E-state index is 13.3. The summed E-state index contributed by atoms with van der Waals surface area (Å²) in [6.07, 6.45) is 3.12. The monoisotopic (exact) mass is 463 g/mol. The molecule has 1 saturated heterocycles. The number of anilines is 1. The van der Waals surface area contributed by atoms with Gasteiger partial charge in [0.25, 0.3) is 5.91 Å². The van der Waals surface area contributed by atoms with Gasteiger partial charge in [-0.05, 0) is 48.7 Å². The molecule has 2 aromatic carbocycles. The Labute approximate surface area is 196 Å². The van der Waals surface area contributed by atoms with Crippen LogP contribution >= 0.6 is 11.6 Å². The molecule has 1 aromatic heterocycles. The van der Waals surface area contributed by atoms with Gasteiger partial charge in [0.2, 0.25) is 0 Å². The summed E-state index contributed by atoms with van der Waals surface area (Å²) in [6, 6.07) is 17.9. The Bertz CT molecular complexity index is 1190. The van der Waals surface area contributed by atoms with Crippen molar-refractivity contribution in [1.82, 2.24) is 10.3 Å². The van der Waals surface area contributed by atoms with Crippen molar-refractivity contribution in [3.05, 3.63) is 88.6 Å². The minimum atomic E-state index is -0.978. The van der Waals surface area contributed by atoms with Crippen LogP contribution in [0.25, 0.3) is 0 Å². The van der Waals surface area contributed by atoms with Gasteiger partial charge in [0, 0.05) is 6.20 Å². The molecule has 8 heteroatoms. The Morgan fingerprint density at radius 2 is 1.79 bits per heavy atom. The molecule has 0 unspecified atom stereocenters. The van der Waals surface area contributed by atoms with Crippen LogP contribution in [-0.2, 0) is 5.54 Å². The highest BCUT2D eigenvalue weighted by atomic mass is 35.5. The summed E-state index contributed by atoms with van der Waals surface area (Å²) >= 11 is 6.17. The molecule has 2 aliphatic rings. The summed E-state index contributed by atoms with van der Waals surface area (Å²) < 4.78 is 5.96. The van der Waals surface area contributed by atoms with Gasteiger partial charge in [-0.25, -0.2) is 9.78 Å². The van der Waals surface area contributed by atoms with E-state index in [9.17, 15) is 9.59 Å². The summed E-state index contributed by atoms with van der Waals surface area (Å²) in [5, 5.41) is 12.6. The van der Waals surface area contributed by atoms with Crippen LogP contribution in [0, 0.1) is 0 Å². The number of amides is 1. The number of benzene rings is 2. The molecule has 3 aromatic rings. The van der Waals surface area contributed by atoms with Crippen molar-refractivity contribution in [2.75, 3.05) is 18.0 Å². The molecule has 1 aliphatic carbocycles. The van der Waals surface area contributed by atoms with Gasteiger partial charge in [-0.1, -0.05) is 41.9 Å². The number of hydrogen-bond donors (Lipinski definition) is 2. The normalized spacial score (nSPS) is 16.6. The summed E-state index contributed by atoms with van der Waals surface area (Å²) in [6.45, 7) is 1.23. The van der Waals surface area contributed by atoms with Crippen molar-refractivity contribution < 1.29 is 19.4 Å². The first-order valence-electron chi connectivity index (χ1n) is 10.7. The van der Waals surface area contributed by atoms with E-state index in [1.54, 1.807) is 30.3 Å². The van der Waals surface area contributed by atoms with Crippen molar-refractivity contribution in [3.63, 3.8) is 0 Å². The second-order valence-corrected chi connectivity index (χ2v) is 8.84. The highest BCUT2D eigenvalue weighted by molar-refractivity contribution is 6.31. The van der Waals surface area contributed by atoms with E-state index in [-0.39, 0.29) is 17.6 Å². The van der Waals surface area contributed by atoms with Crippen LogP contribution < -0.4 is 15.0 Å². The number of nitrogens with one attached hydrogen (secondary N) is 1. The molecule has 0 radical (unpaired) electrons. The lowest BCUT2D eigenvalue weighted by atomic mass is 10.0. The third-order valence-corrected chi connectivity index (χ3v) is 6.27. The minimum Gasteiger partial charge on any atom is -0.487 e. The van der Waals surface area contributed by atoms with Crippen LogP contribution in [0.2, 0.25) is 5.02 Å². The molecule has 2 fully saturated rings. The minimum absolute atomic E-state index is 0.0170. The zero-order valence-corrected chi connectivity index (χ0v) is 18.5. The number of halogens is 1. The third-order valence-electron chi connectivity index (χ3n) is 6.06. The molecule has 0 spiro atoms. The van der Waals surface area contributed by atoms with Gasteiger partial charge >= 0.3 is 5.97 Å². The van der Waals surface area contributed by atoms with Crippen LogP contribution in [0.15, 0.2) is 66.9 Å². The Balaban J connectivity index is 1.30. The van der Waals surface area contributed by atoms with Gasteiger partial charge in [-0.15, -0.1) is 0 Å². The molecule has 33 heavy (non-hydrogen) atoms. The number of aromatic nitrogens is 1. The standard InChI is InChI=1S/C25H22ClN3O4/c26-18-12-21(22(27-13-18)29-14-20(15-29)33-19-4-2-1-3-5-19)23(30)28-25(10-11-25)17-8-6-16(7-9-17)24(31)32/h1-9,12-13,20H,10-11,14-15H2,(H,28,30)(H,31,32). The van der Waals surface area contributed by atoms with E-state index in [0.29, 0.717) is 29.5 Å². The van der Waals surface area contributed by atoms with Crippen LogP contribution in [0.4, 0.5) is 5.82 Å². The average molecular weight is 464 g/mol. The zero-order valence-electron chi connectivity index (χ0n) is 17.7. The Hall–Kier alpha value is -3.58. The van der Waals surface area contributed by atoms with Crippen LogP contribution in [-0.4, -0.2) is 41.2 Å². The quantitative estimate of drug-likeness (QED) is 0.547.